The molecular formula is C20H19F2N3O3. The summed E-state index contributed by atoms with van der Waals surface area (Å²) in [4.78, 5) is 39.7. The molecule has 1 atom stereocenters. The van der Waals surface area contributed by atoms with Gasteiger partial charge in [0.1, 0.15) is 23.7 Å². The number of imide groups is 1. The van der Waals surface area contributed by atoms with E-state index >= 15 is 0 Å². The van der Waals surface area contributed by atoms with E-state index in [1.165, 1.54) is 11.8 Å². The highest BCUT2D eigenvalue weighted by Gasteiger charge is 2.51. The molecule has 3 rings (SSSR count). The highest BCUT2D eigenvalue weighted by atomic mass is 19.1. The van der Waals surface area contributed by atoms with Crippen LogP contribution in [0.2, 0.25) is 0 Å². The van der Waals surface area contributed by atoms with Gasteiger partial charge in [0, 0.05) is 19.2 Å². The molecular weight excluding hydrogens is 368 g/mol. The van der Waals surface area contributed by atoms with Gasteiger partial charge in [-0.15, -0.1) is 0 Å². The van der Waals surface area contributed by atoms with Crippen molar-refractivity contribution in [3.8, 4) is 0 Å². The molecule has 2 aromatic rings. The highest BCUT2D eigenvalue weighted by Crippen LogP contribution is 2.31. The largest absolute Gasteiger partial charge is 0.340 e. The summed E-state index contributed by atoms with van der Waals surface area (Å²) in [6.45, 7) is 1.09. The smallest absolute Gasteiger partial charge is 0.325 e. The SMILES string of the molecule is CN(Cc1ccccc1)C(=O)CN1C(=O)NC(C)(c2cc(F)ccc2F)C1=O. The number of rotatable bonds is 5. The summed E-state index contributed by atoms with van der Waals surface area (Å²) in [6, 6.07) is 11.1. The fraction of sp³-hybridized carbons (Fsp3) is 0.250. The Morgan fingerprint density at radius 3 is 2.50 bits per heavy atom. The molecule has 6 nitrogen and oxygen atoms in total. The van der Waals surface area contributed by atoms with Crippen molar-refractivity contribution in [2.75, 3.05) is 13.6 Å². The molecule has 1 heterocycles. The van der Waals surface area contributed by atoms with Gasteiger partial charge in [0.2, 0.25) is 5.91 Å². The Kier molecular flexibility index (Phi) is 5.13. The van der Waals surface area contributed by atoms with Crippen LogP contribution >= 0.6 is 0 Å². The summed E-state index contributed by atoms with van der Waals surface area (Å²) in [6.07, 6.45) is 0. The van der Waals surface area contributed by atoms with Gasteiger partial charge in [0.05, 0.1) is 0 Å². The van der Waals surface area contributed by atoms with Gasteiger partial charge >= 0.3 is 6.03 Å². The second-order valence-corrected chi connectivity index (χ2v) is 6.81. The third-order valence-electron chi connectivity index (χ3n) is 4.72. The Balaban J connectivity index is 1.76. The van der Waals surface area contributed by atoms with Gasteiger partial charge < -0.3 is 10.2 Å². The standard InChI is InChI=1S/C20H19F2N3O3/c1-20(15-10-14(21)8-9-16(15)22)18(27)25(19(28)23-20)12-17(26)24(2)11-13-6-4-3-5-7-13/h3-10H,11-12H2,1-2H3,(H,23,28). The zero-order valence-electron chi connectivity index (χ0n) is 15.4. The van der Waals surface area contributed by atoms with E-state index in [9.17, 15) is 23.2 Å². The molecule has 2 aromatic carbocycles. The van der Waals surface area contributed by atoms with Crippen molar-refractivity contribution in [3.05, 3.63) is 71.3 Å². The summed E-state index contributed by atoms with van der Waals surface area (Å²) < 4.78 is 27.7. The molecule has 146 valence electrons. The molecule has 1 aliphatic heterocycles. The van der Waals surface area contributed by atoms with E-state index in [2.05, 4.69) is 5.32 Å². The van der Waals surface area contributed by atoms with Gasteiger partial charge in [-0.1, -0.05) is 30.3 Å². The van der Waals surface area contributed by atoms with Crippen molar-refractivity contribution in [1.29, 1.82) is 0 Å². The molecule has 0 aliphatic carbocycles. The topological polar surface area (TPSA) is 69.7 Å². The van der Waals surface area contributed by atoms with Crippen molar-refractivity contribution in [2.24, 2.45) is 0 Å². The first-order chi connectivity index (χ1) is 13.2. The van der Waals surface area contributed by atoms with E-state index in [0.29, 0.717) is 11.4 Å². The number of urea groups is 1. The molecule has 0 aromatic heterocycles. The number of likely N-dealkylation sites (N-methyl/N-ethyl adjacent to an activating group) is 1. The summed E-state index contributed by atoms with van der Waals surface area (Å²) in [7, 11) is 1.55. The van der Waals surface area contributed by atoms with Crippen molar-refractivity contribution in [3.63, 3.8) is 0 Å². The molecule has 4 amide bonds. The van der Waals surface area contributed by atoms with E-state index in [1.54, 1.807) is 7.05 Å². The minimum Gasteiger partial charge on any atom is -0.340 e. The molecule has 0 saturated carbocycles. The molecule has 0 radical (unpaired) electrons. The minimum atomic E-state index is -1.79. The van der Waals surface area contributed by atoms with Crippen LogP contribution in [0.1, 0.15) is 18.1 Å². The van der Waals surface area contributed by atoms with E-state index in [0.717, 1.165) is 23.8 Å². The van der Waals surface area contributed by atoms with E-state index in [-0.39, 0.29) is 5.56 Å². The minimum absolute atomic E-state index is 0.293. The first-order valence-electron chi connectivity index (χ1n) is 8.60. The number of benzene rings is 2. The average molecular weight is 387 g/mol. The van der Waals surface area contributed by atoms with E-state index < -0.39 is 41.6 Å². The van der Waals surface area contributed by atoms with Gasteiger partial charge in [0.15, 0.2) is 0 Å². The molecule has 0 bridgehead atoms. The number of amides is 4. The Morgan fingerprint density at radius 2 is 1.82 bits per heavy atom. The van der Waals surface area contributed by atoms with Crippen molar-refractivity contribution in [2.45, 2.75) is 19.0 Å². The maximum atomic E-state index is 14.2. The maximum absolute atomic E-state index is 14.2. The third kappa shape index (κ3) is 3.58. The number of hydrogen-bond donors (Lipinski definition) is 1. The van der Waals surface area contributed by atoms with Crippen LogP contribution < -0.4 is 5.32 Å². The number of carbonyl (C=O) groups excluding carboxylic acids is 3. The Morgan fingerprint density at radius 1 is 1.14 bits per heavy atom. The average Bonchev–Trinajstić information content (AvgIpc) is 2.88. The molecule has 1 aliphatic rings. The predicted octanol–water partition coefficient (Wildman–Crippen LogP) is 2.39. The molecule has 8 heteroatoms. The third-order valence-corrected chi connectivity index (χ3v) is 4.72. The van der Waals surface area contributed by atoms with Crippen molar-refractivity contribution >= 4 is 17.8 Å². The molecule has 28 heavy (non-hydrogen) atoms. The first-order valence-corrected chi connectivity index (χ1v) is 8.60. The molecule has 0 spiro atoms. The summed E-state index contributed by atoms with van der Waals surface area (Å²) in [5.74, 6) is -2.84. The van der Waals surface area contributed by atoms with Crippen LogP contribution in [0.15, 0.2) is 48.5 Å². The van der Waals surface area contributed by atoms with Gasteiger partial charge in [-0.3, -0.25) is 14.5 Å². The first kappa shape index (κ1) is 19.5. The fourth-order valence-electron chi connectivity index (χ4n) is 3.11. The number of carbonyl (C=O) groups is 3. The van der Waals surface area contributed by atoms with E-state index in [1.807, 2.05) is 30.3 Å². The Hall–Kier alpha value is -3.29. The number of halogens is 2. The lowest BCUT2D eigenvalue weighted by atomic mass is 9.91. The second kappa shape index (κ2) is 7.38. The predicted molar refractivity (Wildman–Crippen MR) is 96.9 cm³/mol. The molecule has 1 N–H and O–H groups in total. The molecule has 1 fully saturated rings. The quantitative estimate of drug-likeness (QED) is 0.801. The second-order valence-electron chi connectivity index (χ2n) is 6.81. The summed E-state index contributed by atoms with van der Waals surface area (Å²) in [5.41, 5.74) is -1.19. The Labute approximate surface area is 160 Å². The highest BCUT2D eigenvalue weighted by molar-refractivity contribution is 6.09. The monoisotopic (exact) mass is 387 g/mol. The van der Waals surface area contributed by atoms with Gasteiger partial charge in [-0.2, -0.15) is 0 Å². The molecule has 1 saturated heterocycles. The fourth-order valence-corrected chi connectivity index (χ4v) is 3.11. The maximum Gasteiger partial charge on any atom is 0.325 e. The van der Waals surface area contributed by atoms with E-state index in [4.69, 9.17) is 0 Å². The van der Waals surface area contributed by atoms with Gasteiger partial charge in [-0.25, -0.2) is 13.6 Å². The Bertz CT molecular complexity index is 936. The van der Waals surface area contributed by atoms with Crippen molar-refractivity contribution in [1.82, 2.24) is 15.1 Å². The van der Waals surface area contributed by atoms with Crippen molar-refractivity contribution < 1.29 is 23.2 Å². The lowest BCUT2D eigenvalue weighted by Crippen LogP contribution is -2.44. The van der Waals surface area contributed by atoms with Crippen LogP contribution in [0.3, 0.4) is 0 Å². The van der Waals surface area contributed by atoms with Gasteiger partial charge in [0.25, 0.3) is 5.91 Å². The normalized spacial score (nSPS) is 18.9. The van der Waals surface area contributed by atoms with Crippen LogP contribution in [-0.2, 0) is 21.7 Å². The van der Waals surface area contributed by atoms with Crippen LogP contribution in [0.4, 0.5) is 13.6 Å². The lowest BCUT2D eigenvalue weighted by Gasteiger charge is -2.23. The number of nitrogens with zero attached hydrogens (tertiary/aromatic N) is 2. The summed E-state index contributed by atoms with van der Waals surface area (Å²) in [5, 5.41) is 2.37. The lowest BCUT2D eigenvalue weighted by molar-refractivity contribution is -0.138. The zero-order valence-corrected chi connectivity index (χ0v) is 15.4. The number of hydrogen-bond acceptors (Lipinski definition) is 3. The molecule has 1 unspecified atom stereocenters. The van der Waals surface area contributed by atoms with Crippen LogP contribution in [0.5, 0.6) is 0 Å². The summed E-state index contributed by atoms with van der Waals surface area (Å²) >= 11 is 0. The van der Waals surface area contributed by atoms with Crippen LogP contribution in [0, 0.1) is 11.6 Å². The van der Waals surface area contributed by atoms with Gasteiger partial charge in [-0.05, 0) is 30.7 Å². The number of nitrogens with one attached hydrogen (secondary N) is 1. The van der Waals surface area contributed by atoms with Crippen LogP contribution in [0.25, 0.3) is 0 Å². The van der Waals surface area contributed by atoms with Crippen LogP contribution in [-0.4, -0.2) is 41.2 Å². The zero-order chi connectivity index (χ0) is 20.5.